The molecule has 3 fully saturated rings. The van der Waals surface area contributed by atoms with Gasteiger partial charge in [-0.25, -0.2) is 4.39 Å². The van der Waals surface area contributed by atoms with Crippen molar-refractivity contribution in [2.75, 3.05) is 59.5 Å². The molecule has 29 heavy (non-hydrogen) atoms. The third-order valence-corrected chi connectivity index (χ3v) is 7.70. The molecule has 0 bridgehead atoms. The average molecular weight is 402 g/mol. The van der Waals surface area contributed by atoms with E-state index < -0.39 is 0 Å². The van der Waals surface area contributed by atoms with Crippen LogP contribution in [0, 0.1) is 17.7 Å². The molecule has 2 atom stereocenters. The van der Waals surface area contributed by atoms with Gasteiger partial charge in [-0.15, -0.1) is 0 Å². The first kappa shape index (κ1) is 19.3. The molecule has 5 nitrogen and oxygen atoms in total. The number of piperazine rings is 1. The monoisotopic (exact) mass is 401 g/mol. The lowest BCUT2D eigenvalue weighted by molar-refractivity contribution is -0.134. The highest BCUT2D eigenvalue weighted by Gasteiger charge is 2.62. The number of amides is 1. The van der Waals surface area contributed by atoms with E-state index in [1.165, 1.54) is 12.6 Å². The molecule has 1 aromatic carbocycles. The fraction of sp³-hybridized carbons (Fsp3) is 0.696. The summed E-state index contributed by atoms with van der Waals surface area (Å²) in [6.45, 7) is 8.19. The van der Waals surface area contributed by atoms with Crippen LogP contribution >= 0.6 is 0 Å². The molecule has 1 aliphatic carbocycles. The number of ether oxygens (including phenoxy) is 1. The van der Waals surface area contributed by atoms with E-state index >= 15 is 0 Å². The predicted molar refractivity (Wildman–Crippen MR) is 110 cm³/mol. The summed E-state index contributed by atoms with van der Waals surface area (Å²) in [5, 5.41) is 0. The molecule has 1 saturated carbocycles. The van der Waals surface area contributed by atoms with Gasteiger partial charge in [0.15, 0.2) is 0 Å². The van der Waals surface area contributed by atoms with E-state index in [9.17, 15) is 9.18 Å². The van der Waals surface area contributed by atoms with Crippen LogP contribution in [0.5, 0.6) is 5.75 Å². The molecule has 0 aromatic heterocycles. The minimum absolute atomic E-state index is 0.00105. The smallest absolute Gasteiger partial charge is 0.226 e. The molecule has 4 aliphatic rings. The minimum Gasteiger partial charge on any atom is -0.493 e. The number of nitrogens with zero attached hydrogens (tertiary/aromatic N) is 3. The van der Waals surface area contributed by atoms with Crippen LogP contribution in [0.15, 0.2) is 18.2 Å². The zero-order valence-corrected chi connectivity index (χ0v) is 17.4. The molecule has 0 N–H and O–H groups in total. The average Bonchev–Trinajstić information content (AvgIpc) is 3.45. The van der Waals surface area contributed by atoms with E-state index in [4.69, 9.17) is 4.74 Å². The van der Waals surface area contributed by atoms with Crippen LogP contribution in [0.3, 0.4) is 0 Å². The Morgan fingerprint density at radius 2 is 1.93 bits per heavy atom. The molecule has 0 unspecified atom stereocenters. The van der Waals surface area contributed by atoms with Crippen LogP contribution in [0.25, 0.3) is 0 Å². The number of likely N-dealkylation sites (N-methyl/N-ethyl adjacent to an activating group) is 1. The zero-order chi connectivity index (χ0) is 20.0. The van der Waals surface area contributed by atoms with Crippen molar-refractivity contribution in [1.29, 1.82) is 0 Å². The standard InChI is InChI=1S/C23H32FN3O2/c1-25-9-11-26(12-10-25)16-17-4-7-27(8-5-17)22(28)20-15-23(20)6-13-29-21-3-2-18(24)14-19(21)23/h2-3,14,17,20H,4-13,15-16H2,1H3/t20-,23-/m1/s1. The number of carbonyl (C=O) groups is 1. The summed E-state index contributed by atoms with van der Waals surface area (Å²) in [6, 6.07) is 4.75. The molecular formula is C23H32FN3O2. The molecule has 3 aliphatic heterocycles. The van der Waals surface area contributed by atoms with Gasteiger partial charge in [0.1, 0.15) is 11.6 Å². The number of fused-ring (bicyclic) bond motifs is 2. The Bertz CT molecular complexity index is 771. The summed E-state index contributed by atoms with van der Waals surface area (Å²) in [4.78, 5) is 20.3. The van der Waals surface area contributed by atoms with Gasteiger partial charge in [0.05, 0.1) is 6.61 Å². The molecule has 1 spiro atoms. The number of likely N-dealkylation sites (tertiary alicyclic amines) is 1. The summed E-state index contributed by atoms with van der Waals surface area (Å²) in [5.41, 5.74) is 0.718. The van der Waals surface area contributed by atoms with Gasteiger partial charge in [-0.1, -0.05) is 0 Å². The molecule has 1 aromatic rings. The summed E-state index contributed by atoms with van der Waals surface area (Å²) in [5.74, 6) is 1.50. The van der Waals surface area contributed by atoms with Crippen molar-refractivity contribution in [2.45, 2.75) is 31.1 Å². The maximum Gasteiger partial charge on any atom is 0.226 e. The lowest BCUT2D eigenvalue weighted by Crippen LogP contribution is -2.48. The minimum atomic E-state index is -0.239. The largest absolute Gasteiger partial charge is 0.493 e. The second kappa shape index (κ2) is 7.55. The SMILES string of the molecule is CN1CCN(CC2CCN(C(=O)[C@H]3C[C@@]34CCOc3ccc(F)cc34)CC2)CC1. The highest BCUT2D eigenvalue weighted by Crippen LogP contribution is 2.61. The summed E-state index contributed by atoms with van der Waals surface area (Å²) in [7, 11) is 2.19. The van der Waals surface area contributed by atoms with Gasteiger partial charge >= 0.3 is 0 Å². The van der Waals surface area contributed by atoms with Gasteiger partial charge in [-0.3, -0.25) is 4.79 Å². The van der Waals surface area contributed by atoms with Gasteiger partial charge in [0.25, 0.3) is 0 Å². The lowest BCUT2D eigenvalue weighted by Gasteiger charge is -2.38. The van der Waals surface area contributed by atoms with Crippen molar-refractivity contribution in [2.24, 2.45) is 11.8 Å². The van der Waals surface area contributed by atoms with E-state index in [-0.39, 0.29) is 23.1 Å². The Morgan fingerprint density at radius 1 is 1.17 bits per heavy atom. The maximum atomic E-state index is 13.8. The first-order chi connectivity index (χ1) is 14.0. The second-order valence-corrected chi connectivity index (χ2v) is 9.52. The van der Waals surface area contributed by atoms with E-state index in [2.05, 4.69) is 21.7 Å². The molecule has 6 heteroatoms. The third kappa shape index (κ3) is 3.66. The Hall–Kier alpha value is -1.66. The molecule has 0 radical (unpaired) electrons. The van der Waals surface area contributed by atoms with Crippen LogP contribution in [-0.2, 0) is 10.2 Å². The molecule has 3 heterocycles. The van der Waals surface area contributed by atoms with Gasteiger partial charge in [-0.2, -0.15) is 0 Å². The van der Waals surface area contributed by atoms with E-state index in [0.717, 1.165) is 76.3 Å². The van der Waals surface area contributed by atoms with E-state index in [1.807, 2.05) is 0 Å². The molecule has 1 amide bonds. The molecular weight excluding hydrogens is 369 g/mol. The number of hydrogen-bond donors (Lipinski definition) is 0. The lowest BCUT2D eigenvalue weighted by atomic mass is 9.87. The van der Waals surface area contributed by atoms with Gasteiger partial charge < -0.3 is 19.4 Å². The second-order valence-electron chi connectivity index (χ2n) is 9.52. The number of piperidine rings is 1. The number of rotatable bonds is 3. The van der Waals surface area contributed by atoms with Crippen molar-refractivity contribution >= 4 is 5.91 Å². The van der Waals surface area contributed by atoms with Crippen molar-refractivity contribution in [3.8, 4) is 5.75 Å². The number of halogens is 1. The number of hydrogen-bond acceptors (Lipinski definition) is 4. The quantitative estimate of drug-likeness (QED) is 0.779. The molecule has 158 valence electrons. The Balaban J connectivity index is 1.17. The van der Waals surface area contributed by atoms with Crippen molar-refractivity contribution in [3.63, 3.8) is 0 Å². The summed E-state index contributed by atoms with van der Waals surface area (Å²) < 4.78 is 19.6. The Labute approximate surface area is 172 Å². The normalized spacial score (nSPS) is 30.8. The number of benzene rings is 1. The summed E-state index contributed by atoms with van der Waals surface area (Å²) in [6.07, 6.45) is 3.87. The van der Waals surface area contributed by atoms with Crippen LogP contribution in [0.1, 0.15) is 31.2 Å². The van der Waals surface area contributed by atoms with Gasteiger partial charge in [0, 0.05) is 62.7 Å². The van der Waals surface area contributed by atoms with Crippen LogP contribution in [0.2, 0.25) is 0 Å². The van der Waals surface area contributed by atoms with Crippen LogP contribution in [-0.4, -0.2) is 80.1 Å². The fourth-order valence-corrected chi connectivity index (χ4v) is 5.65. The highest BCUT2D eigenvalue weighted by molar-refractivity contribution is 5.85. The molecule has 2 saturated heterocycles. The van der Waals surface area contributed by atoms with Gasteiger partial charge in [0.2, 0.25) is 5.91 Å². The maximum absolute atomic E-state index is 13.8. The van der Waals surface area contributed by atoms with Crippen LogP contribution in [0.4, 0.5) is 4.39 Å². The summed E-state index contributed by atoms with van der Waals surface area (Å²) >= 11 is 0. The van der Waals surface area contributed by atoms with Gasteiger partial charge in [-0.05, 0) is 56.8 Å². The van der Waals surface area contributed by atoms with E-state index in [1.54, 1.807) is 12.1 Å². The van der Waals surface area contributed by atoms with E-state index in [0.29, 0.717) is 12.5 Å². The first-order valence-corrected chi connectivity index (χ1v) is 11.2. The van der Waals surface area contributed by atoms with Crippen molar-refractivity contribution in [3.05, 3.63) is 29.6 Å². The third-order valence-electron chi connectivity index (χ3n) is 7.70. The Kier molecular flexibility index (Phi) is 5.03. The first-order valence-electron chi connectivity index (χ1n) is 11.2. The Morgan fingerprint density at radius 3 is 2.69 bits per heavy atom. The molecule has 5 rings (SSSR count). The number of carbonyl (C=O) groups excluding carboxylic acids is 1. The van der Waals surface area contributed by atoms with Crippen LogP contribution < -0.4 is 4.74 Å². The highest BCUT2D eigenvalue weighted by atomic mass is 19.1. The van der Waals surface area contributed by atoms with Crippen molar-refractivity contribution < 1.29 is 13.9 Å². The zero-order valence-electron chi connectivity index (χ0n) is 17.4. The fourth-order valence-electron chi connectivity index (χ4n) is 5.65. The topological polar surface area (TPSA) is 36.0 Å². The van der Waals surface area contributed by atoms with Crippen molar-refractivity contribution in [1.82, 2.24) is 14.7 Å². The predicted octanol–water partition coefficient (Wildman–Crippen LogP) is 2.35.